The van der Waals surface area contributed by atoms with Crippen LogP contribution in [0.4, 0.5) is 0 Å². The van der Waals surface area contributed by atoms with Crippen molar-refractivity contribution in [2.75, 3.05) is 47.5 Å². The van der Waals surface area contributed by atoms with Crippen molar-refractivity contribution in [2.45, 2.75) is 193 Å². The Morgan fingerprint density at radius 1 is 0.370 bits per heavy atom. The van der Waals surface area contributed by atoms with Crippen LogP contribution in [0.15, 0.2) is 194 Å². The van der Waals surface area contributed by atoms with Gasteiger partial charge in [0, 0.05) is 12.8 Å². The van der Waals surface area contributed by atoms with Crippen LogP contribution in [0.2, 0.25) is 0 Å². The fourth-order valence-electron chi connectivity index (χ4n) is 7.21. The number of carbonyl (C=O) groups excluding carboxylic acids is 3. The Bertz CT molecular complexity index is 2020. The third kappa shape index (κ3) is 61.6. The van der Waals surface area contributed by atoms with E-state index in [2.05, 4.69) is 208 Å². The molecule has 0 radical (unpaired) electrons. The van der Waals surface area contributed by atoms with Gasteiger partial charge in [-0.3, -0.25) is 9.59 Å². The molecule has 0 aliphatic heterocycles. The van der Waals surface area contributed by atoms with Crippen LogP contribution in [0.25, 0.3) is 0 Å². The van der Waals surface area contributed by atoms with Crippen LogP contribution in [0.5, 0.6) is 0 Å². The Kier molecular flexibility index (Phi) is 55.9. The van der Waals surface area contributed by atoms with Gasteiger partial charge in [-0.25, -0.2) is 0 Å². The number of carboxylic acids is 1. The van der Waals surface area contributed by atoms with Crippen LogP contribution in [-0.2, 0) is 33.3 Å². The van der Waals surface area contributed by atoms with E-state index in [0.29, 0.717) is 23.9 Å². The Labute approximate surface area is 493 Å². The molecule has 0 saturated carbocycles. The highest BCUT2D eigenvalue weighted by Gasteiger charge is 2.22. The average Bonchev–Trinajstić information content (AvgIpc) is 3.44. The molecule has 2 atom stereocenters. The second-order valence-corrected chi connectivity index (χ2v) is 20.5. The Morgan fingerprint density at radius 2 is 0.667 bits per heavy atom. The molecule has 0 aromatic rings. The Morgan fingerprint density at radius 3 is 1.00 bits per heavy atom. The molecule has 0 rings (SSSR count). The number of carboxylic acid groups (broad SMARTS) is 1. The maximum absolute atomic E-state index is 12.9. The fraction of sp³-hybridized carbons (Fsp3) is 0.514. The number of likely N-dealkylation sites (N-methyl/N-ethyl adjacent to an activating group) is 1. The van der Waals surface area contributed by atoms with E-state index in [9.17, 15) is 19.5 Å². The standard InChI is InChI=1S/C72H109NO8/c1-6-8-10-12-14-16-18-20-22-23-24-25-26-27-28-29-30-31-32-33-34-35-36-37-38-39-40-41-42-43-44-45-46-47-49-51-53-55-57-59-61-63-70(75)81-68(67-80-72(71(76)77)78-65-64-73(3,4)5)66-79-69(74)62-60-58-56-54-52-50-48-21-19-17-15-13-11-9-7-2/h8-11,14-17,20-22,24-25,27-28,30-31,33-34,36-37,39-40,42-43,45-46,48-49,51-52,54,68,72H,6-7,12-13,18-19,23,26,29,32,35,38,41,44,47,50,53,55-67H2,1-5H3/b10-8-,11-9-,16-14-,17-15-,22-20-,25-24-,28-27-,31-30-,34-33-,37-36-,40-39-,43-42-,46-45-,48-21-,51-49-,54-52-. The summed E-state index contributed by atoms with van der Waals surface area (Å²) >= 11 is 0. The maximum atomic E-state index is 12.9. The monoisotopic (exact) mass is 1120 g/mol. The zero-order valence-electron chi connectivity index (χ0n) is 51.1. The van der Waals surface area contributed by atoms with E-state index < -0.39 is 30.3 Å². The molecule has 0 spiro atoms. The van der Waals surface area contributed by atoms with Gasteiger partial charge in [-0.1, -0.05) is 221 Å². The lowest BCUT2D eigenvalue weighted by atomic mass is 10.1. The highest BCUT2D eigenvalue weighted by atomic mass is 16.7. The minimum Gasteiger partial charge on any atom is -0.545 e. The third-order valence-corrected chi connectivity index (χ3v) is 11.8. The van der Waals surface area contributed by atoms with Gasteiger partial charge in [0.15, 0.2) is 12.4 Å². The number of unbranched alkanes of at least 4 members (excludes halogenated alkanes) is 6. The molecule has 0 aliphatic rings. The summed E-state index contributed by atoms with van der Waals surface area (Å²) in [4.78, 5) is 37.2. The van der Waals surface area contributed by atoms with E-state index in [-0.39, 0.29) is 32.7 Å². The predicted molar refractivity (Wildman–Crippen MR) is 342 cm³/mol. The van der Waals surface area contributed by atoms with Gasteiger partial charge in [0.2, 0.25) is 0 Å². The van der Waals surface area contributed by atoms with E-state index in [0.717, 1.165) is 141 Å². The number of rotatable bonds is 53. The fourth-order valence-corrected chi connectivity index (χ4v) is 7.21. The lowest BCUT2D eigenvalue weighted by Gasteiger charge is -2.26. The van der Waals surface area contributed by atoms with E-state index in [1.807, 2.05) is 21.1 Å². The molecule has 9 nitrogen and oxygen atoms in total. The van der Waals surface area contributed by atoms with E-state index in [1.165, 1.54) is 0 Å². The largest absolute Gasteiger partial charge is 0.545 e. The van der Waals surface area contributed by atoms with Gasteiger partial charge in [-0.05, 0) is 141 Å². The van der Waals surface area contributed by atoms with Gasteiger partial charge in [0.1, 0.15) is 13.2 Å². The molecule has 0 aliphatic carbocycles. The highest BCUT2D eigenvalue weighted by molar-refractivity contribution is 5.70. The first-order valence-electron chi connectivity index (χ1n) is 30.6. The molecule has 0 saturated heterocycles. The minimum absolute atomic E-state index is 0.124. The first-order chi connectivity index (χ1) is 39.6. The average molecular weight is 1120 g/mol. The van der Waals surface area contributed by atoms with Crippen LogP contribution in [-0.4, -0.2) is 82.3 Å². The van der Waals surface area contributed by atoms with E-state index in [4.69, 9.17) is 18.9 Å². The molecule has 0 aromatic carbocycles. The minimum atomic E-state index is -1.65. The molecular weight excluding hydrogens is 1010 g/mol. The van der Waals surface area contributed by atoms with Crippen LogP contribution in [0.1, 0.15) is 181 Å². The quantitative estimate of drug-likeness (QED) is 0.0195. The number of quaternary nitrogens is 1. The van der Waals surface area contributed by atoms with Crippen LogP contribution < -0.4 is 5.11 Å². The Hall–Kier alpha value is -5.87. The highest BCUT2D eigenvalue weighted by Crippen LogP contribution is 2.11. The molecule has 2 unspecified atom stereocenters. The van der Waals surface area contributed by atoms with Crippen molar-refractivity contribution in [1.82, 2.24) is 0 Å². The summed E-state index contributed by atoms with van der Waals surface area (Å²) in [7, 11) is 5.88. The normalized spacial score (nSPS) is 14.1. The lowest BCUT2D eigenvalue weighted by Crippen LogP contribution is -2.44. The summed E-state index contributed by atoms with van der Waals surface area (Å²) in [5.74, 6) is -2.40. The zero-order valence-corrected chi connectivity index (χ0v) is 51.1. The summed E-state index contributed by atoms with van der Waals surface area (Å²) in [6, 6.07) is 0. The summed E-state index contributed by atoms with van der Waals surface area (Å²) < 4.78 is 22.6. The molecule has 0 aromatic heterocycles. The molecule has 9 heteroatoms. The molecule has 450 valence electrons. The van der Waals surface area contributed by atoms with Gasteiger partial charge >= 0.3 is 11.9 Å². The first kappa shape index (κ1) is 75.1. The van der Waals surface area contributed by atoms with Gasteiger partial charge in [0.25, 0.3) is 0 Å². The number of aliphatic carboxylic acids is 1. The van der Waals surface area contributed by atoms with Gasteiger partial charge in [0.05, 0.1) is 40.3 Å². The lowest BCUT2D eigenvalue weighted by molar-refractivity contribution is -0.870. The van der Waals surface area contributed by atoms with Gasteiger partial charge < -0.3 is 33.3 Å². The third-order valence-electron chi connectivity index (χ3n) is 11.8. The van der Waals surface area contributed by atoms with Crippen LogP contribution >= 0.6 is 0 Å². The number of hydrogen-bond acceptors (Lipinski definition) is 8. The van der Waals surface area contributed by atoms with Crippen molar-refractivity contribution in [3.05, 3.63) is 194 Å². The number of nitrogens with zero attached hydrogens (tertiary/aromatic N) is 1. The first-order valence-corrected chi connectivity index (χ1v) is 30.6. The number of carbonyl (C=O) groups is 3. The molecule has 0 bridgehead atoms. The topological polar surface area (TPSA) is 111 Å². The molecule has 81 heavy (non-hydrogen) atoms. The zero-order chi connectivity index (χ0) is 59.1. The number of allylic oxidation sites excluding steroid dienone is 32. The second-order valence-electron chi connectivity index (χ2n) is 20.5. The van der Waals surface area contributed by atoms with Crippen molar-refractivity contribution in [3.8, 4) is 0 Å². The Balaban J connectivity index is 4.29. The van der Waals surface area contributed by atoms with Crippen molar-refractivity contribution < 1.29 is 42.9 Å². The predicted octanol–water partition coefficient (Wildman–Crippen LogP) is 17.3. The summed E-state index contributed by atoms with van der Waals surface area (Å²) in [5, 5.41) is 11.8. The van der Waals surface area contributed by atoms with Crippen molar-refractivity contribution >= 4 is 17.9 Å². The number of hydrogen-bond donors (Lipinski definition) is 0. The maximum Gasteiger partial charge on any atom is 0.306 e. The molecule has 0 N–H and O–H groups in total. The van der Waals surface area contributed by atoms with Crippen LogP contribution in [0, 0.1) is 0 Å². The smallest absolute Gasteiger partial charge is 0.306 e. The molecular formula is C72H109NO8. The van der Waals surface area contributed by atoms with Gasteiger partial charge in [-0.2, -0.15) is 0 Å². The SMILES string of the molecule is CC/C=C\C/C=C\C/C=C\C/C=C\C/C=C\C/C=C\C/C=C\C/C=C\C/C=C\C/C=C\C/C=C\C/C=C\CCCCCCC(=O)OC(COC(=O)CCCC/C=C\C/C=C\C/C=C\C/C=C\CC)COC(OCC[N+](C)(C)C)C(=O)[O-]. The van der Waals surface area contributed by atoms with E-state index in [1.54, 1.807) is 0 Å². The summed E-state index contributed by atoms with van der Waals surface area (Å²) in [5.41, 5.74) is 0. The van der Waals surface area contributed by atoms with Crippen LogP contribution in [0.3, 0.4) is 0 Å². The summed E-state index contributed by atoms with van der Waals surface area (Å²) in [6.45, 7) is 4.39. The molecule has 0 fully saturated rings. The van der Waals surface area contributed by atoms with Crippen molar-refractivity contribution in [2.24, 2.45) is 0 Å². The number of esters is 2. The molecule has 0 heterocycles. The molecule has 0 amide bonds. The summed E-state index contributed by atoms with van der Waals surface area (Å²) in [6.07, 6.45) is 90.8. The second kappa shape index (κ2) is 60.2. The van der Waals surface area contributed by atoms with Crippen molar-refractivity contribution in [1.29, 1.82) is 0 Å². The van der Waals surface area contributed by atoms with Gasteiger partial charge in [-0.15, -0.1) is 0 Å². The van der Waals surface area contributed by atoms with E-state index >= 15 is 0 Å². The van der Waals surface area contributed by atoms with Crippen molar-refractivity contribution in [3.63, 3.8) is 0 Å². The number of ether oxygens (including phenoxy) is 4.